The van der Waals surface area contributed by atoms with E-state index in [0.29, 0.717) is 34.7 Å². The molecule has 124 valence electrons. The molecule has 3 rings (SSSR count). The number of nitrogens with zero attached hydrogens (tertiary/aromatic N) is 2. The second kappa shape index (κ2) is 7.65. The molecule has 7 nitrogen and oxygen atoms in total. The molecule has 0 saturated heterocycles. The number of rotatable bonds is 7. The van der Waals surface area contributed by atoms with Crippen molar-refractivity contribution in [2.24, 2.45) is 0 Å². The van der Waals surface area contributed by atoms with Gasteiger partial charge in [0.15, 0.2) is 11.6 Å². The van der Waals surface area contributed by atoms with Crippen molar-refractivity contribution in [3.8, 4) is 5.75 Å². The summed E-state index contributed by atoms with van der Waals surface area (Å²) in [7, 11) is 0. The Morgan fingerprint density at radius 3 is 2.88 bits per heavy atom. The smallest absolute Gasteiger partial charge is 0.228 e. The van der Waals surface area contributed by atoms with Crippen molar-refractivity contribution in [1.82, 2.24) is 20.5 Å². The Morgan fingerprint density at radius 1 is 1.29 bits per heavy atom. The van der Waals surface area contributed by atoms with Crippen molar-refractivity contribution in [2.45, 2.75) is 19.6 Å². The van der Waals surface area contributed by atoms with Gasteiger partial charge in [0.05, 0.1) is 19.2 Å². The Labute approximate surface area is 143 Å². The number of aromatic amines is 1. The van der Waals surface area contributed by atoms with E-state index >= 15 is 0 Å². The van der Waals surface area contributed by atoms with Gasteiger partial charge in [0.2, 0.25) is 5.91 Å². The minimum absolute atomic E-state index is 0.0815. The number of amides is 1. The maximum atomic E-state index is 11.8. The molecule has 0 aliphatic carbocycles. The average Bonchev–Trinajstić information content (AvgIpc) is 3.24. The topological polar surface area (TPSA) is 93.0 Å². The fraction of sp³-hybridized carbons (Fsp3) is 0.188. The van der Waals surface area contributed by atoms with Gasteiger partial charge in [0, 0.05) is 5.02 Å². The van der Waals surface area contributed by atoms with Crippen molar-refractivity contribution < 1.29 is 13.9 Å². The lowest BCUT2D eigenvalue weighted by Gasteiger charge is -2.03. The Balaban J connectivity index is 1.46. The van der Waals surface area contributed by atoms with Crippen molar-refractivity contribution >= 4 is 17.5 Å². The Kier molecular flexibility index (Phi) is 5.12. The number of benzene rings is 1. The number of nitrogens with one attached hydrogen (secondary N) is 2. The number of aromatic nitrogens is 3. The lowest BCUT2D eigenvalue weighted by Crippen LogP contribution is -2.24. The first-order chi connectivity index (χ1) is 11.7. The van der Waals surface area contributed by atoms with Crippen LogP contribution in [0.1, 0.15) is 17.4 Å². The molecular weight excluding hydrogens is 332 g/mol. The highest BCUT2D eigenvalue weighted by Crippen LogP contribution is 2.16. The number of carbonyl (C=O) groups excluding carboxylic acids is 1. The molecule has 2 heterocycles. The monoisotopic (exact) mass is 346 g/mol. The molecule has 3 aromatic rings. The molecule has 1 aromatic carbocycles. The molecule has 24 heavy (non-hydrogen) atoms. The van der Waals surface area contributed by atoms with Gasteiger partial charge >= 0.3 is 0 Å². The summed E-state index contributed by atoms with van der Waals surface area (Å²) in [4.78, 5) is 16.1. The summed E-state index contributed by atoms with van der Waals surface area (Å²) in [5, 5.41) is 10.1. The molecular formula is C16H15ClN4O3. The summed E-state index contributed by atoms with van der Waals surface area (Å²) < 4.78 is 10.7. The first kappa shape index (κ1) is 16.1. The van der Waals surface area contributed by atoms with Gasteiger partial charge < -0.3 is 14.5 Å². The minimum Gasteiger partial charge on any atom is -0.486 e. The molecule has 0 unspecified atom stereocenters. The Bertz CT molecular complexity index is 784. The van der Waals surface area contributed by atoms with Gasteiger partial charge in [-0.25, -0.2) is 4.98 Å². The van der Waals surface area contributed by atoms with Crippen LogP contribution in [0, 0.1) is 0 Å². The number of furan rings is 1. The number of carbonyl (C=O) groups is 1. The number of hydrogen-bond donors (Lipinski definition) is 2. The fourth-order valence-electron chi connectivity index (χ4n) is 1.97. The maximum absolute atomic E-state index is 11.8. The van der Waals surface area contributed by atoms with Crippen molar-refractivity contribution in [3.63, 3.8) is 0 Å². The third-order valence-electron chi connectivity index (χ3n) is 3.13. The van der Waals surface area contributed by atoms with E-state index in [1.54, 1.807) is 42.7 Å². The van der Waals surface area contributed by atoms with E-state index < -0.39 is 0 Å². The van der Waals surface area contributed by atoms with E-state index in [0.717, 1.165) is 0 Å². The van der Waals surface area contributed by atoms with Crippen LogP contribution in [0.15, 0.2) is 47.1 Å². The van der Waals surface area contributed by atoms with E-state index in [1.165, 1.54) is 0 Å². The third kappa shape index (κ3) is 4.60. The summed E-state index contributed by atoms with van der Waals surface area (Å²) in [6, 6.07) is 10.6. The highest BCUT2D eigenvalue weighted by Gasteiger charge is 2.10. The highest BCUT2D eigenvalue weighted by molar-refractivity contribution is 6.30. The molecule has 2 N–H and O–H groups in total. The van der Waals surface area contributed by atoms with Crippen LogP contribution in [0.3, 0.4) is 0 Å². The lowest BCUT2D eigenvalue weighted by atomic mass is 10.3. The van der Waals surface area contributed by atoms with E-state index in [2.05, 4.69) is 20.5 Å². The molecule has 0 saturated carbocycles. The molecule has 8 heteroatoms. The van der Waals surface area contributed by atoms with Gasteiger partial charge in [0.1, 0.15) is 18.1 Å². The fourth-order valence-corrected chi connectivity index (χ4v) is 2.09. The summed E-state index contributed by atoms with van der Waals surface area (Å²) >= 11 is 5.81. The van der Waals surface area contributed by atoms with Gasteiger partial charge in [-0.2, -0.15) is 5.10 Å². The Morgan fingerprint density at radius 2 is 2.12 bits per heavy atom. The minimum atomic E-state index is -0.185. The van der Waals surface area contributed by atoms with Gasteiger partial charge in [0.25, 0.3) is 0 Å². The summed E-state index contributed by atoms with van der Waals surface area (Å²) in [6.45, 7) is 0.561. The van der Waals surface area contributed by atoms with Crippen LogP contribution in [0.2, 0.25) is 5.02 Å². The van der Waals surface area contributed by atoms with Gasteiger partial charge in [-0.1, -0.05) is 11.6 Å². The SMILES string of the molecule is O=C(Cc1n[nH]c(COc2ccc(Cl)cc2)n1)NCc1ccco1. The van der Waals surface area contributed by atoms with E-state index in [-0.39, 0.29) is 18.9 Å². The van der Waals surface area contributed by atoms with Crippen LogP contribution in [0.4, 0.5) is 0 Å². The van der Waals surface area contributed by atoms with E-state index in [1.807, 2.05) is 0 Å². The maximum Gasteiger partial charge on any atom is 0.228 e. The average molecular weight is 347 g/mol. The molecule has 0 atom stereocenters. The van der Waals surface area contributed by atoms with Gasteiger partial charge in [-0.05, 0) is 36.4 Å². The lowest BCUT2D eigenvalue weighted by molar-refractivity contribution is -0.120. The van der Waals surface area contributed by atoms with Crippen molar-refractivity contribution in [1.29, 1.82) is 0 Å². The van der Waals surface area contributed by atoms with Crippen LogP contribution < -0.4 is 10.1 Å². The van der Waals surface area contributed by atoms with Crippen molar-refractivity contribution in [3.05, 3.63) is 65.1 Å². The summed E-state index contributed by atoms with van der Waals surface area (Å²) in [5.74, 6) is 2.12. The zero-order valence-corrected chi connectivity index (χ0v) is 13.4. The van der Waals surface area contributed by atoms with Crippen LogP contribution >= 0.6 is 11.6 Å². The number of ether oxygens (including phenoxy) is 1. The third-order valence-corrected chi connectivity index (χ3v) is 3.38. The second-order valence-corrected chi connectivity index (χ2v) is 5.41. The van der Waals surface area contributed by atoms with Crippen molar-refractivity contribution in [2.75, 3.05) is 0 Å². The Hall–Kier alpha value is -2.80. The first-order valence-electron chi connectivity index (χ1n) is 7.26. The molecule has 0 aliphatic heterocycles. The second-order valence-electron chi connectivity index (χ2n) is 4.97. The zero-order valence-electron chi connectivity index (χ0n) is 12.7. The first-order valence-corrected chi connectivity index (χ1v) is 7.64. The van der Waals surface area contributed by atoms with Crippen LogP contribution in [0.25, 0.3) is 0 Å². The molecule has 2 aromatic heterocycles. The standard InChI is InChI=1S/C16H15ClN4O3/c17-11-3-5-12(6-4-11)24-10-15-19-14(20-21-15)8-16(22)18-9-13-2-1-7-23-13/h1-7H,8-10H2,(H,18,22)(H,19,20,21). The molecule has 0 aliphatic rings. The van der Waals surface area contributed by atoms with Crippen LogP contribution in [-0.2, 0) is 24.4 Å². The molecule has 0 radical (unpaired) electrons. The molecule has 0 bridgehead atoms. The number of H-pyrrole nitrogens is 1. The van der Waals surface area contributed by atoms with Crippen LogP contribution in [-0.4, -0.2) is 21.1 Å². The largest absolute Gasteiger partial charge is 0.486 e. The quantitative estimate of drug-likeness (QED) is 0.685. The van der Waals surface area contributed by atoms with Gasteiger partial charge in [-0.3, -0.25) is 9.89 Å². The molecule has 0 fully saturated rings. The normalized spacial score (nSPS) is 10.5. The predicted molar refractivity (Wildman–Crippen MR) is 86.4 cm³/mol. The predicted octanol–water partition coefficient (Wildman–Crippen LogP) is 2.49. The number of halogens is 1. The van der Waals surface area contributed by atoms with Gasteiger partial charge in [-0.15, -0.1) is 0 Å². The number of hydrogen-bond acceptors (Lipinski definition) is 5. The van der Waals surface area contributed by atoms with E-state index in [9.17, 15) is 4.79 Å². The van der Waals surface area contributed by atoms with E-state index in [4.69, 9.17) is 20.8 Å². The summed E-state index contributed by atoms with van der Waals surface area (Å²) in [6.07, 6.45) is 1.64. The molecule has 1 amide bonds. The van der Waals surface area contributed by atoms with Crippen LogP contribution in [0.5, 0.6) is 5.75 Å². The summed E-state index contributed by atoms with van der Waals surface area (Å²) in [5.41, 5.74) is 0. The zero-order chi connectivity index (χ0) is 16.8. The molecule has 0 spiro atoms. The highest BCUT2D eigenvalue weighted by atomic mass is 35.5.